The highest BCUT2D eigenvalue weighted by Gasteiger charge is 2.31. The zero-order valence-corrected chi connectivity index (χ0v) is 15.0. The van der Waals surface area contributed by atoms with Crippen LogP contribution in [0.15, 0.2) is 36.4 Å². The van der Waals surface area contributed by atoms with Crippen LogP contribution in [0, 0.1) is 11.6 Å². The number of hydrogen-bond acceptors (Lipinski definition) is 2. The summed E-state index contributed by atoms with van der Waals surface area (Å²) >= 11 is 0. The smallest absolute Gasteiger partial charge is 0.123 e. The third-order valence-electron chi connectivity index (χ3n) is 5.52. The van der Waals surface area contributed by atoms with E-state index >= 15 is 0 Å². The number of hydrogen-bond donors (Lipinski definition) is 1. The fourth-order valence-electron chi connectivity index (χ4n) is 4.18. The molecule has 0 saturated carbocycles. The van der Waals surface area contributed by atoms with Gasteiger partial charge in [0.1, 0.15) is 11.6 Å². The van der Waals surface area contributed by atoms with E-state index in [-0.39, 0.29) is 17.7 Å². The predicted octanol–water partition coefficient (Wildman–Crippen LogP) is 4.48. The van der Waals surface area contributed by atoms with Crippen molar-refractivity contribution in [1.82, 2.24) is 9.47 Å². The van der Waals surface area contributed by atoms with Crippen molar-refractivity contribution in [2.45, 2.75) is 38.3 Å². The van der Waals surface area contributed by atoms with Crippen molar-refractivity contribution in [3.05, 3.63) is 48.0 Å². The highest BCUT2D eigenvalue weighted by Crippen LogP contribution is 2.36. The van der Waals surface area contributed by atoms with Crippen molar-refractivity contribution in [3.8, 4) is 0 Å². The summed E-state index contributed by atoms with van der Waals surface area (Å²) in [5, 5.41) is 12.1. The number of likely N-dealkylation sites (tertiary alicyclic amines) is 1. The van der Waals surface area contributed by atoms with Crippen molar-refractivity contribution in [2.24, 2.45) is 0 Å². The molecular weight excluding hydrogens is 334 g/mol. The number of nitrogens with zero attached hydrogens (tertiary/aromatic N) is 2. The van der Waals surface area contributed by atoms with E-state index in [1.807, 2.05) is 0 Å². The molecule has 138 valence electrons. The van der Waals surface area contributed by atoms with Gasteiger partial charge in [-0.1, -0.05) is 13.3 Å². The van der Waals surface area contributed by atoms with Gasteiger partial charge >= 0.3 is 0 Å². The molecule has 1 fully saturated rings. The van der Waals surface area contributed by atoms with Gasteiger partial charge in [0.25, 0.3) is 0 Å². The van der Waals surface area contributed by atoms with Gasteiger partial charge in [-0.15, -0.1) is 0 Å². The zero-order chi connectivity index (χ0) is 18.3. The summed E-state index contributed by atoms with van der Waals surface area (Å²) < 4.78 is 29.7. The van der Waals surface area contributed by atoms with Gasteiger partial charge in [0, 0.05) is 34.9 Å². The Morgan fingerprint density at radius 1 is 1.04 bits per heavy atom. The van der Waals surface area contributed by atoms with Gasteiger partial charge in [0.15, 0.2) is 0 Å². The highest BCUT2D eigenvalue weighted by atomic mass is 19.1. The van der Waals surface area contributed by atoms with Crippen LogP contribution < -0.4 is 0 Å². The Morgan fingerprint density at radius 2 is 1.65 bits per heavy atom. The van der Waals surface area contributed by atoms with E-state index in [4.69, 9.17) is 0 Å². The number of fused-ring (bicyclic) bond motifs is 3. The van der Waals surface area contributed by atoms with Gasteiger partial charge in [-0.3, -0.25) is 0 Å². The SMILES string of the molecule is CCCCN1CC[C@@H](O)[C@H](n2c3ccc(F)cc3c3cc(F)ccc32)C1. The molecule has 0 spiro atoms. The molecule has 0 unspecified atom stereocenters. The van der Waals surface area contributed by atoms with Crippen LogP contribution in [0.4, 0.5) is 8.78 Å². The average molecular weight is 358 g/mol. The monoisotopic (exact) mass is 358 g/mol. The topological polar surface area (TPSA) is 28.4 Å². The molecule has 0 bridgehead atoms. The number of rotatable bonds is 4. The first-order chi connectivity index (χ1) is 12.6. The fourth-order valence-corrected chi connectivity index (χ4v) is 4.18. The number of aliphatic hydroxyl groups excluding tert-OH is 1. The normalized spacial score (nSPS) is 21.7. The molecule has 1 aliphatic heterocycles. The lowest BCUT2D eigenvalue weighted by molar-refractivity contribution is 0.0357. The minimum Gasteiger partial charge on any atom is -0.391 e. The van der Waals surface area contributed by atoms with E-state index in [0.29, 0.717) is 17.2 Å². The molecular formula is C21H24F2N2O. The summed E-state index contributed by atoms with van der Waals surface area (Å²) in [6.07, 6.45) is 2.50. The first-order valence-electron chi connectivity index (χ1n) is 9.37. The van der Waals surface area contributed by atoms with Gasteiger partial charge in [-0.25, -0.2) is 8.78 Å². The second-order valence-corrected chi connectivity index (χ2v) is 7.27. The number of halogens is 2. The molecule has 2 aromatic carbocycles. The quantitative estimate of drug-likeness (QED) is 0.745. The Kier molecular flexibility index (Phi) is 4.67. The van der Waals surface area contributed by atoms with E-state index in [0.717, 1.165) is 43.5 Å². The third-order valence-corrected chi connectivity index (χ3v) is 5.52. The molecule has 0 radical (unpaired) electrons. The van der Waals surface area contributed by atoms with Crippen molar-refractivity contribution >= 4 is 21.8 Å². The number of aliphatic hydroxyl groups is 1. The summed E-state index contributed by atoms with van der Waals surface area (Å²) in [7, 11) is 0. The van der Waals surface area contributed by atoms with Gasteiger partial charge in [0.2, 0.25) is 0 Å². The lowest BCUT2D eigenvalue weighted by Crippen LogP contribution is -2.44. The summed E-state index contributed by atoms with van der Waals surface area (Å²) in [6, 6.07) is 9.11. The summed E-state index contributed by atoms with van der Waals surface area (Å²) in [4.78, 5) is 2.38. The Labute approximate surface area is 151 Å². The van der Waals surface area contributed by atoms with E-state index < -0.39 is 6.10 Å². The molecule has 2 heterocycles. The van der Waals surface area contributed by atoms with E-state index in [2.05, 4.69) is 16.4 Å². The van der Waals surface area contributed by atoms with Crippen LogP contribution in [0.25, 0.3) is 21.8 Å². The maximum absolute atomic E-state index is 13.8. The van der Waals surface area contributed by atoms with Crippen LogP contribution in [0.5, 0.6) is 0 Å². The van der Waals surface area contributed by atoms with Crippen LogP contribution in [-0.2, 0) is 0 Å². The van der Waals surface area contributed by atoms with Crippen LogP contribution in [0.2, 0.25) is 0 Å². The molecule has 0 amide bonds. The Balaban J connectivity index is 1.86. The summed E-state index contributed by atoms with van der Waals surface area (Å²) in [5.41, 5.74) is 1.68. The largest absolute Gasteiger partial charge is 0.391 e. The fraction of sp³-hybridized carbons (Fsp3) is 0.429. The molecule has 3 aromatic rings. The minimum absolute atomic E-state index is 0.128. The average Bonchev–Trinajstić information content (AvgIpc) is 2.94. The van der Waals surface area contributed by atoms with Crippen LogP contribution in [0.1, 0.15) is 32.2 Å². The van der Waals surface area contributed by atoms with Crippen LogP contribution in [-0.4, -0.2) is 40.3 Å². The Bertz CT molecular complexity index is 875. The molecule has 1 N–H and O–H groups in total. The molecule has 1 aliphatic rings. The van der Waals surface area contributed by atoms with E-state index in [9.17, 15) is 13.9 Å². The summed E-state index contributed by atoms with van der Waals surface area (Å²) in [6.45, 7) is 4.82. The Hall–Kier alpha value is -1.98. The zero-order valence-electron chi connectivity index (χ0n) is 15.0. The lowest BCUT2D eigenvalue weighted by atomic mass is 10.0. The molecule has 0 aliphatic carbocycles. The van der Waals surface area contributed by atoms with Gasteiger partial charge in [-0.2, -0.15) is 0 Å². The van der Waals surface area contributed by atoms with E-state index in [1.165, 1.54) is 24.3 Å². The first-order valence-corrected chi connectivity index (χ1v) is 9.37. The first kappa shape index (κ1) is 17.4. The molecule has 1 saturated heterocycles. The van der Waals surface area contributed by atoms with Crippen molar-refractivity contribution in [1.29, 1.82) is 0 Å². The van der Waals surface area contributed by atoms with Gasteiger partial charge < -0.3 is 14.6 Å². The second kappa shape index (κ2) is 6.97. The third kappa shape index (κ3) is 2.99. The lowest BCUT2D eigenvalue weighted by Gasteiger charge is -2.37. The maximum atomic E-state index is 13.8. The number of benzene rings is 2. The molecule has 3 nitrogen and oxygen atoms in total. The van der Waals surface area contributed by atoms with Gasteiger partial charge in [-0.05, 0) is 55.8 Å². The molecule has 5 heteroatoms. The molecule has 2 atom stereocenters. The van der Waals surface area contributed by atoms with Crippen molar-refractivity contribution < 1.29 is 13.9 Å². The van der Waals surface area contributed by atoms with E-state index in [1.54, 1.807) is 12.1 Å². The standard InChI is InChI=1S/C21H24F2N2O/c1-2-3-9-24-10-8-21(26)20(13-24)25-18-6-4-14(22)11-16(18)17-12-15(23)5-7-19(17)25/h4-7,11-12,20-21,26H,2-3,8-10,13H2,1H3/t20-,21-/m1/s1. The predicted molar refractivity (Wildman–Crippen MR) is 100 cm³/mol. The number of aromatic nitrogens is 1. The Morgan fingerprint density at radius 3 is 2.23 bits per heavy atom. The molecule has 4 rings (SSSR count). The second-order valence-electron chi connectivity index (χ2n) is 7.27. The molecule has 1 aromatic heterocycles. The highest BCUT2D eigenvalue weighted by molar-refractivity contribution is 6.08. The number of unbranched alkanes of at least 4 members (excludes halogenated alkanes) is 1. The van der Waals surface area contributed by atoms with Crippen LogP contribution in [0.3, 0.4) is 0 Å². The maximum Gasteiger partial charge on any atom is 0.123 e. The minimum atomic E-state index is -0.471. The van der Waals surface area contributed by atoms with Crippen molar-refractivity contribution in [2.75, 3.05) is 19.6 Å². The summed E-state index contributed by atoms with van der Waals surface area (Å²) in [5.74, 6) is -0.677. The van der Waals surface area contributed by atoms with Gasteiger partial charge in [0.05, 0.1) is 12.1 Å². The molecule has 26 heavy (non-hydrogen) atoms. The van der Waals surface area contributed by atoms with Crippen LogP contribution >= 0.6 is 0 Å². The van der Waals surface area contributed by atoms with Crippen molar-refractivity contribution in [3.63, 3.8) is 0 Å². The number of piperidine rings is 1.